The minimum Gasteiger partial charge on any atom is -0.468 e. The van der Waals surface area contributed by atoms with Crippen LogP contribution in [0.2, 0.25) is 0 Å². The van der Waals surface area contributed by atoms with E-state index in [-0.39, 0.29) is 19.2 Å². The number of hydrogen-bond acceptors (Lipinski definition) is 5. The monoisotopic (exact) mass is 337 g/mol. The maximum Gasteiger partial charge on any atom is 0.411 e. The molecule has 0 heterocycles. The molecule has 0 aliphatic carbocycles. The fraction of sp³-hybridized carbons (Fsp3) is 0.556. The molecule has 0 spiro atoms. The van der Waals surface area contributed by atoms with Gasteiger partial charge in [0.2, 0.25) is 0 Å². The van der Waals surface area contributed by atoms with Crippen LogP contribution in [0.5, 0.6) is 0 Å². The van der Waals surface area contributed by atoms with E-state index in [2.05, 4.69) is 4.74 Å². The first kappa shape index (κ1) is 20.0. The lowest BCUT2D eigenvalue weighted by Gasteiger charge is -2.27. The Balaban J connectivity index is 3.05. The first-order chi connectivity index (χ1) is 11.2. The van der Waals surface area contributed by atoms with Crippen molar-refractivity contribution in [2.75, 3.05) is 20.8 Å². The van der Waals surface area contributed by atoms with Gasteiger partial charge in [0.1, 0.15) is 12.1 Å². The molecule has 0 aromatic heterocycles. The third-order valence-electron chi connectivity index (χ3n) is 3.41. The highest BCUT2D eigenvalue weighted by Gasteiger charge is 2.25. The number of methoxy groups -OCH3 is 2. The van der Waals surface area contributed by atoms with Crippen molar-refractivity contribution in [2.24, 2.45) is 0 Å². The van der Waals surface area contributed by atoms with Gasteiger partial charge in [-0.2, -0.15) is 0 Å². The fourth-order valence-electron chi connectivity index (χ4n) is 2.14. The first-order valence-electron chi connectivity index (χ1n) is 7.83. The number of benzene rings is 1. The van der Waals surface area contributed by atoms with Crippen LogP contribution in [0.3, 0.4) is 0 Å². The Morgan fingerprint density at radius 2 is 1.79 bits per heavy atom. The second-order valence-corrected chi connectivity index (χ2v) is 6.49. The summed E-state index contributed by atoms with van der Waals surface area (Å²) in [5.41, 5.74) is 1.20. The Kier molecular flexibility index (Phi) is 7.22. The van der Waals surface area contributed by atoms with E-state index in [0.29, 0.717) is 0 Å². The van der Waals surface area contributed by atoms with Crippen molar-refractivity contribution in [1.29, 1.82) is 0 Å². The molecule has 0 radical (unpaired) electrons. The highest BCUT2D eigenvalue weighted by molar-refractivity contribution is 5.78. The summed E-state index contributed by atoms with van der Waals surface area (Å²) >= 11 is 0. The number of carbonyl (C=O) groups excluding carboxylic acids is 2. The molecule has 24 heavy (non-hydrogen) atoms. The molecule has 1 atom stereocenters. The second kappa shape index (κ2) is 8.68. The van der Waals surface area contributed by atoms with Crippen molar-refractivity contribution in [2.45, 2.75) is 45.9 Å². The van der Waals surface area contributed by atoms with Crippen molar-refractivity contribution in [3.63, 3.8) is 0 Å². The lowest BCUT2D eigenvalue weighted by molar-refractivity contribution is -0.142. The van der Waals surface area contributed by atoms with E-state index in [4.69, 9.17) is 9.47 Å². The van der Waals surface area contributed by atoms with Crippen LogP contribution in [0.4, 0.5) is 4.79 Å². The minimum absolute atomic E-state index is 0.125. The highest BCUT2D eigenvalue weighted by Crippen LogP contribution is 2.22. The van der Waals surface area contributed by atoms with Gasteiger partial charge < -0.3 is 14.2 Å². The van der Waals surface area contributed by atoms with Crippen LogP contribution in [-0.2, 0) is 25.5 Å². The van der Waals surface area contributed by atoms with Crippen LogP contribution in [0.1, 0.15) is 44.9 Å². The highest BCUT2D eigenvalue weighted by atomic mass is 16.6. The lowest BCUT2D eigenvalue weighted by atomic mass is 10.0. The third-order valence-corrected chi connectivity index (χ3v) is 3.41. The summed E-state index contributed by atoms with van der Waals surface area (Å²) in [6.07, 6.45) is -0.687. The van der Waals surface area contributed by atoms with E-state index in [9.17, 15) is 9.59 Å². The normalized spacial score (nSPS) is 12.4. The van der Waals surface area contributed by atoms with Gasteiger partial charge in [0, 0.05) is 7.11 Å². The van der Waals surface area contributed by atoms with Gasteiger partial charge in [0.05, 0.1) is 19.8 Å². The van der Waals surface area contributed by atoms with Crippen molar-refractivity contribution in [1.82, 2.24) is 4.90 Å². The van der Waals surface area contributed by atoms with Gasteiger partial charge in [-0.05, 0) is 38.8 Å². The molecule has 0 saturated carbocycles. The van der Waals surface area contributed by atoms with Crippen molar-refractivity contribution in [3.05, 3.63) is 35.4 Å². The molecule has 1 unspecified atom stereocenters. The zero-order chi connectivity index (χ0) is 18.3. The van der Waals surface area contributed by atoms with E-state index in [1.165, 1.54) is 12.0 Å². The zero-order valence-electron chi connectivity index (χ0n) is 15.3. The molecule has 6 nitrogen and oxygen atoms in total. The third kappa shape index (κ3) is 6.20. The average Bonchev–Trinajstić information content (AvgIpc) is 2.52. The summed E-state index contributed by atoms with van der Waals surface area (Å²) in [4.78, 5) is 25.4. The summed E-state index contributed by atoms with van der Waals surface area (Å²) in [6.45, 7) is 7.32. The molecule has 0 aliphatic heterocycles. The maximum absolute atomic E-state index is 12.4. The van der Waals surface area contributed by atoms with Crippen LogP contribution in [0.25, 0.3) is 0 Å². The molecule has 0 fully saturated rings. The van der Waals surface area contributed by atoms with Crippen LogP contribution >= 0.6 is 0 Å². The average molecular weight is 337 g/mol. The van der Waals surface area contributed by atoms with Gasteiger partial charge in [-0.3, -0.25) is 9.69 Å². The molecule has 6 heteroatoms. The number of amides is 1. The smallest absolute Gasteiger partial charge is 0.411 e. The molecule has 0 saturated heterocycles. The molecular formula is C18H27NO5. The summed E-state index contributed by atoms with van der Waals surface area (Å²) in [5, 5.41) is 0. The summed E-state index contributed by atoms with van der Waals surface area (Å²) < 4.78 is 15.5. The number of ether oxygens (including phenoxy) is 3. The topological polar surface area (TPSA) is 65.1 Å². The van der Waals surface area contributed by atoms with E-state index in [1.54, 1.807) is 27.9 Å². The molecule has 0 aliphatic rings. The number of rotatable bonds is 6. The van der Waals surface area contributed by atoms with Crippen LogP contribution in [0.15, 0.2) is 24.3 Å². The summed E-state index contributed by atoms with van der Waals surface area (Å²) in [7, 11) is 2.91. The molecule has 1 aromatic rings. The quantitative estimate of drug-likeness (QED) is 0.745. The molecular weight excluding hydrogens is 310 g/mol. The van der Waals surface area contributed by atoms with Gasteiger partial charge >= 0.3 is 12.1 Å². The lowest BCUT2D eigenvalue weighted by Crippen LogP contribution is -2.40. The van der Waals surface area contributed by atoms with Gasteiger partial charge in [-0.1, -0.05) is 24.3 Å². The molecule has 0 N–H and O–H groups in total. The number of esters is 1. The van der Waals surface area contributed by atoms with Gasteiger partial charge in [0.25, 0.3) is 0 Å². The molecule has 1 amide bonds. The summed E-state index contributed by atoms with van der Waals surface area (Å²) in [6, 6.07) is 7.63. The second-order valence-electron chi connectivity index (χ2n) is 6.49. The minimum atomic E-state index is -0.648. The Morgan fingerprint density at radius 3 is 2.33 bits per heavy atom. The van der Waals surface area contributed by atoms with Crippen molar-refractivity contribution >= 4 is 12.1 Å². The largest absolute Gasteiger partial charge is 0.468 e. The Hall–Kier alpha value is -2.08. The van der Waals surface area contributed by atoms with E-state index in [1.807, 2.05) is 31.2 Å². The Bertz CT molecular complexity index is 565. The van der Waals surface area contributed by atoms with Crippen LogP contribution in [0, 0.1) is 0 Å². The SMILES string of the molecule is COC(=O)CN(Cc1ccccc1C(C)OC)C(=O)OC(C)(C)C. The molecule has 1 rings (SSSR count). The zero-order valence-corrected chi connectivity index (χ0v) is 15.3. The number of hydrogen-bond donors (Lipinski definition) is 0. The Morgan fingerprint density at radius 1 is 1.17 bits per heavy atom. The molecule has 1 aromatic carbocycles. The van der Waals surface area contributed by atoms with E-state index < -0.39 is 17.7 Å². The van der Waals surface area contributed by atoms with E-state index >= 15 is 0 Å². The Labute approximate surface area is 143 Å². The maximum atomic E-state index is 12.4. The molecule has 134 valence electrons. The van der Waals surface area contributed by atoms with Crippen LogP contribution < -0.4 is 0 Å². The standard InChI is InChI=1S/C18H27NO5/c1-13(22-5)15-10-8-7-9-14(15)11-19(12-16(20)23-6)17(21)24-18(2,3)4/h7-10,13H,11-12H2,1-6H3. The summed E-state index contributed by atoms with van der Waals surface area (Å²) in [5.74, 6) is -0.502. The predicted molar refractivity (Wildman–Crippen MR) is 90.5 cm³/mol. The van der Waals surface area contributed by atoms with Crippen molar-refractivity contribution in [3.8, 4) is 0 Å². The predicted octanol–water partition coefficient (Wildman–Crippen LogP) is 3.30. The van der Waals surface area contributed by atoms with E-state index in [0.717, 1.165) is 11.1 Å². The van der Waals surface area contributed by atoms with Crippen LogP contribution in [-0.4, -0.2) is 43.3 Å². The van der Waals surface area contributed by atoms with Crippen molar-refractivity contribution < 1.29 is 23.8 Å². The first-order valence-corrected chi connectivity index (χ1v) is 7.83. The fourth-order valence-corrected chi connectivity index (χ4v) is 2.14. The van der Waals surface area contributed by atoms with Gasteiger partial charge in [-0.15, -0.1) is 0 Å². The molecule has 0 bridgehead atoms. The van der Waals surface area contributed by atoms with Gasteiger partial charge in [0.15, 0.2) is 0 Å². The van der Waals surface area contributed by atoms with Gasteiger partial charge in [-0.25, -0.2) is 4.79 Å². The number of nitrogens with zero attached hydrogens (tertiary/aromatic N) is 1. The number of carbonyl (C=O) groups is 2.